The summed E-state index contributed by atoms with van der Waals surface area (Å²) in [5.74, 6) is 0.969. The van der Waals surface area contributed by atoms with Crippen LogP contribution in [0.5, 0.6) is 11.5 Å². The summed E-state index contributed by atoms with van der Waals surface area (Å²) < 4.78 is 12.0. The second kappa shape index (κ2) is 9.98. The van der Waals surface area contributed by atoms with E-state index >= 15 is 0 Å². The van der Waals surface area contributed by atoms with Gasteiger partial charge in [-0.1, -0.05) is 0 Å². The summed E-state index contributed by atoms with van der Waals surface area (Å²) in [5.41, 5.74) is 2.00. The van der Waals surface area contributed by atoms with Crippen LogP contribution in [0, 0.1) is 0 Å². The van der Waals surface area contributed by atoms with Crippen molar-refractivity contribution in [2.45, 2.75) is 13.0 Å². The number of rotatable bonds is 8. The third-order valence-corrected chi connectivity index (χ3v) is 4.80. The molecule has 0 saturated heterocycles. The van der Waals surface area contributed by atoms with Gasteiger partial charge in [0.2, 0.25) is 11.9 Å². The van der Waals surface area contributed by atoms with Gasteiger partial charge in [-0.2, -0.15) is 5.10 Å². The molecule has 2 N–H and O–H groups in total. The van der Waals surface area contributed by atoms with Crippen molar-refractivity contribution >= 4 is 23.5 Å². The molecule has 2 amide bonds. The average molecular weight is 454 g/mol. The predicted octanol–water partition coefficient (Wildman–Crippen LogP) is 1.84. The van der Waals surface area contributed by atoms with Gasteiger partial charge in [0.15, 0.2) is 0 Å². The molecule has 0 aliphatic rings. The van der Waals surface area contributed by atoms with Crippen molar-refractivity contribution < 1.29 is 19.1 Å². The van der Waals surface area contributed by atoms with Gasteiger partial charge in [0.1, 0.15) is 28.9 Å². The van der Waals surface area contributed by atoms with Crippen LogP contribution in [0.2, 0.25) is 0 Å². The lowest BCUT2D eigenvalue weighted by Gasteiger charge is -2.17. The van der Waals surface area contributed by atoms with Crippen LogP contribution in [-0.2, 0) is 11.8 Å². The number of hydrogen-bond acceptors (Lipinski definition) is 8. The molecule has 0 aliphatic carbocycles. The SMILES string of the molecule is COc1cc(Nc2nccc(-c3cc(C(=O)N[C@@H](C)C(=O)N(C)C)n(C)n3)n2)cc(OC)c1. The van der Waals surface area contributed by atoms with Gasteiger partial charge in [0, 0.05) is 51.2 Å². The number of methoxy groups -OCH3 is 2. The molecule has 0 aliphatic heterocycles. The molecular weight excluding hydrogens is 426 g/mol. The van der Waals surface area contributed by atoms with E-state index in [1.807, 2.05) is 0 Å². The molecule has 0 saturated carbocycles. The number of carbonyl (C=O) groups is 2. The maximum Gasteiger partial charge on any atom is 0.270 e. The maximum atomic E-state index is 12.7. The van der Waals surface area contributed by atoms with Gasteiger partial charge in [-0.3, -0.25) is 14.3 Å². The topological polar surface area (TPSA) is 123 Å². The second-order valence-electron chi connectivity index (χ2n) is 7.46. The smallest absolute Gasteiger partial charge is 0.270 e. The number of likely N-dealkylation sites (N-methyl/N-ethyl adjacent to an activating group) is 1. The van der Waals surface area contributed by atoms with E-state index in [-0.39, 0.29) is 5.91 Å². The molecule has 33 heavy (non-hydrogen) atoms. The first-order valence-electron chi connectivity index (χ1n) is 10.1. The maximum absolute atomic E-state index is 12.7. The van der Waals surface area contributed by atoms with Gasteiger partial charge in [-0.25, -0.2) is 9.97 Å². The first-order chi connectivity index (χ1) is 15.7. The van der Waals surface area contributed by atoms with Gasteiger partial charge in [-0.05, 0) is 19.1 Å². The predicted molar refractivity (Wildman–Crippen MR) is 123 cm³/mol. The van der Waals surface area contributed by atoms with E-state index in [0.29, 0.717) is 40.2 Å². The van der Waals surface area contributed by atoms with E-state index in [4.69, 9.17) is 9.47 Å². The highest BCUT2D eigenvalue weighted by molar-refractivity contribution is 5.96. The van der Waals surface area contributed by atoms with E-state index in [9.17, 15) is 9.59 Å². The molecule has 11 heteroatoms. The summed E-state index contributed by atoms with van der Waals surface area (Å²) >= 11 is 0. The monoisotopic (exact) mass is 453 g/mol. The lowest BCUT2D eigenvalue weighted by Crippen LogP contribution is -2.44. The molecule has 1 atom stereocenters. The molecule has 0 bridgehead atoms. The van der Waals surface area contributed by atoms with E-state index in [0.717, 1.165) is 0 Å². The molecule has 2 aromatic heterocycles. The number of carbonyl (C=O) groups excluding carboxylic acids is 2. The zero-order valence-electron chi connectivity index (χ0n) is 19.4. The van der Waals surface area contributed by atoms with Crippen molar-refractivity contribution in [3.63, 3.8) is 0 Å². The van der Waals surface area contributed by atoms with Crippen LogP contribution in [0.4, 0.5) is 11.6 Å². The Hall–Kier alpha value is -4.15. The number of hydrogen-bond donors (Lipinski definition) is 2. The third kappa shape index (κ3) is 5.56. The zero-order chi connectivity index (χ0) is 24.1. The van der Waals surface area contributed by atoms with Gasteiger partial charge < -0.3 is 25.0 Å². The number of amides is 2. The van der Waals surface area contributed by atoms with E-state index in [1.165, 1.54) is 9.58 Å². The van der Waals surface area contributed by atoms with Gasteiger partial charge in [-0.15, -0.1) is 0 Å². The Balaban J connectivity index is 1.81. The number of anilines is 2. The molecule has 0 spiro atoms. The Morgan fingerprint density at radius 1 is 1.06 bits per heavy atom. The van der Waals surface area contributed by atoms with Crippen molar-refractivity contribution in [1.29, 1.82) is 0 Å². The zero-order valence-corrected chi connectivity index (χ0v) is 19.4. The van der Waals surface area contributed by atoms with Crippen LogP contribution in [0.3, 0.4) is 0 Å². The first-order valence-corrected chi connectivity index (χ1v) is 10.1. The van der Waals surface area contributed by atoms with Crippen molar-refractivity contribution in [3.8, 4) is 22.9 Å². The van der Waals surface area contributed by atoms with Crippen LogP contribution in [-0.4, -0.2) is 70.8 Å². The van der Waals surface area contributed by atoms with E-state index < -0.39 is 11.9 Å². The second-order valence-corrected chi connectivity index (χ2v) is 7.46. The Labute approximate surface area is 191 Å². The first kappa shape index (κ1) is 23.5. The third-order valence-electron chi connectivity index (χ3n) is 4.80. The summed E-state index contributed by atoms with van der Waals surface area (Å²) in [4.78, 5) is 34.9. The number of ether oxygens (including phenoxy) is 2. The summed E-state index contributed by atoms with van der Waals surface area (Å²) in [7, 11) is 8.06. The molecule has 1 aromatic carbocycles. The lowest BCUT2D eigenvalue weighted by molar-refractivity contribution is -0.130. The summed E-state index contributed by atoms with van der Waals surface area (Å²) in [6.07, 6.45) is 1.59. The fourth-order valence-corrected chi connectivity index (χ4v) is 3.09. The minimum absolute atomic E-state index is 0.202. The van der Waals surface area contributed by atoms with Crippen molar-refractivity contribution in [3.05, 3.63) is 42.2 Å². The fourth-order valence-electron chi connectivity index (χ4n) is 3.09. The Morgan fingerprint density at radius 3 is 2.33 bits per heavy atom. The molecule has 2 heterocycles. The molecule has 11 nitrogen and oxygen atoms in total. The van der Waals surface area contributed by atoms with Crippen molar-refractivity contribution in [2.75, 3.05) is 33.6 Å². The normalized spacial score (nSPS) is 11.5. The summed E-state index contributed by atoms with van der Waals surface area (Å²) in [5, 5.41) is 10.2. The minimum atomic E-state index is -0.666. The molecule has 3 aromatic rings. The highest BCUT2D eigenvalue weighted by Crippen LogP contribution is 2.27. The van der Waals surface area contributed by atoms with Crippen molar-refractivity contribution in [2.24, 2.45) is 7.05 Å². The fraction of sp³-hybridized carbons (Fsp3) is 0.318. The average Bonchev–Trinajstić information content (AvgIpc) is 3.20. The highest BCUT2D eigenvalue weighted by atomic mass is 16.5. The molecule has 0 radical (unpaired) electrons. The van der Waals surface area contributed by atoms with Crippen LogP contribution in [0.15, 0.2) is 36.5 Å². The molecular formula is C22H27N7O4. The lowest BCUT2D eigenvalue weighted by atomic mass is 10.2. The van der Waals surface area contributed by atoms with Gasteiger partial charge in [0.05, 0.1) is 19.9 Å². The number of aromatic nitrogens is 4. The van der Waals surface area contributed by atoms with Crippen molar-refractivity contribution in [1.82, 2.24) is 30.0 Å². The van der Waals surface area contributed by atoms with Crippen LogP contribution >= 0.6 is 0 Å². The van der Waals surface area contributed by atoms with E-state index in [2.05, 4.69) is 25.7 Å². The minimum Gasteiger partial charge on any atom is -0.497 e. The largest absolute Gasteiger partial charge is 0.497 e. The summed E-state index contributed by atoms with van der Waals surface area (Å²) in [6.45, 7) is 1.63. The molecule has 0 unspecified atom stereocenters. The highest BCUT2D eigenvalue weighted by Gasteiger charge is 2.21. The number of aryl methyl sites for hydroxylation is 1. The number of nitrogens with zero attached hydrogens (tertiary/aromatic N) is 5. The molecule has 174 valence electrons. The van der Waals surface area contributed by atoms with E-state index in [1.54, 1.807) is 78.8 Å². The van der Waals surface area contributed by atoms with Crippen LogP contribution < -0.4 is 20.1 Å². The Morgan fingerprint density at radius 2 is 1.73 bits per heavy atom. The summed E-state index contributed by atoms with van der Waals surface area (Å²) in [6, 6.07) is 7.98. The quantitative estimate of drug-likeness (QED) is 0.530. The van der Waals surface area contributed by atoms with Gasteiger partial charge >= 0.3 is 0 Å². The molecule has 3 rings (SSSR count). The number of benzene rings is 1. The standard InChI is InChI=1S/C22H27N7O4/c1-13(21(31)28(2)3)24-20(30)19-12-18(27-29(19)4)17-7-8-23-22(26-17)25-14-9-15(32-5)11-16(10-14)33-6/h7-13H,1-6H3,(H,24,30)(H,23,25,26)/t13-/m0/s1. The van der Waals surface area contributed by atoms with Crippen LogP contribution in [0.1, 0.15) is 17.4 Å². The molecule has 0 fully saturated rings. The Kier molecular flexibility index (Phi) is 7.11. The van der Waals surface area contributed by atoms with Gasteiger partial charge in [0.25, 0.3) is 5.91 Å². The number of nitrogens with one attached hydrogen (secondary N) is 2. The Bertz CT molecular complexity index is 1140. The van der Waals surface area contributed by atoms with Crippen LogP contribution in [0.25, 0.3) is 11.4 Å².